The second kappa shape index (κ2) is 11.4. The first kappa shape index (κ1) is 27.2. The van der Waals surface area contributed by atoms with Gasteiger partial charge in [0.05, 0.1) is 19.1 Å². The lowest BCUT2D eigenvalue weighted by atomic mass is 10.1. The SMILES string of the molecule is COc1cccc(CN(C(=O)CN(c2cc(C)cc(C)c2)S(C)(=O)=O)[C@H](C)C(=O)NC(C)C)c1. The summed E-state index contributed by atoms with van der Waals surface area (Å²) in [4.78, 5) is 27.7. The summed E-state index contributed by atoms with van der Waals surface area (Å²) in [5.41, 5.74) is 2.94. The number of hydrogen-bond acceptors (Lipinski definition) is 5. The molecule has 0 aromatic heterocycles. The molecule has 34 heavy (non-hydrogen) atoms. The monoisotopic (exact) mass is 489 g/mol. The largest absolute Gasteiger partial charge is 0.497 e. The molecule has 1 atom stereocenters. The van der Waals surface area contributed by atoms with Crippen LogP contribution < -0.4 is 14.4 Å². The first-order valence-electron chi connectivity index (χ1n) is 11.1. The number of carbonyl (C=O) groups is 2. The van der Waals surface area contributed by atoms with E-state index in [9.17, 15) is 18.0 Å². The molecular weight excluding hydrogens is 454 g/mol. The Kier molecular flexibility index (Phi) is 9.09. The van der Waals surface area contributed by atoms with E-state index in [-0.39, 0.29) is 18.5 Å². The van der Waals surface area contributed by atoms with Gasteiger partial charge in [-0.05, 0) is 75.6 Å². The number of hydrogen-bond donors (Lipinski definition) is 1. The molecule has 0 aliphatic carbocycles. The first-order chi connectivity index (χ1) is 15.8. The zero-order valence-corrected chi connectivity index (χ0v) is 21.8. The minimum atomic E-state index is -3.76. The second-order valence-corrected chi connectivity index (χ2v) is 10.7. The summed E-state index contributed by atoms with van der Waals surface area (Å²) in [6.07, 6.45) is 1.07. The van der Waals surface area contributed by atoms with E-state index in [1.807, 2.05) is 39.8 Å². The van der Waals surface area contributed by atoms with Crippen LogP contribution in [0.25, 0.3) is 0 Å². The molecule has 2 aromatic carbocycles. The minimum absolute atomic E-state index is 0.105. The topological polar surface area (TPSA) is 96.0 Å². The molecule has 0 radical (unpaired) electrons. The molecule has 2 aromatic rings. The van der Waals surface area contributed by atoms with Crippen LogP contribution in [0.4, 0.5) is 5.69 Å². The Bertz CT molecular complexity index is 1110. The third-order valence-electron chi connectivity index (χ3n) is 5.26. The molecule has 9 heteroatoms. The van der Waals surface area contributed by atoms with Gasteiger partial charge in [-0.15, -0.1) is 0 Å². The summed E-state index contributed by atoms with van der Waals surface area (Å²) < 4.78 is 31.7. The zero-order chi connectivity index (χ0) is 25.6. The summed E-state index contributed by atoms with van der Waals surface area (Å²) in [5, 5.41) is 2.83. The number of anilines is 1. The van der Waals surface area contributed by atoms with Gasteiger partial charge in [-0.3, -0.25) is 13.9 Å². The van der Waals surface area contributed by atoms with E-state index in [1.54, 1.807) is 44.4 Å². The van der Waals surface area contributed by atoms with Crippen molar-refractivity contribution in [1.29, 1.82) is 0 Å². The van der Waals surface area contributed by atoms with Crippen molar-refractivity contribution in [3.8, 4) is 5.75 Å². The number of methoxy groups -OCH3 is 1. The first-order valence-corrected chi connectivity index (χ1v) is 13.0. The number of sulfonamides is 1. The molecule has 0 heterocycles. The van der Waals surface area contributed by atoms with Gasteiger partial charge in [0.25, 0.3) is 0 Å². The van der Waals surface area contributed by atoms with E-state index in [0.717, 1.165) is 27.3 Å². The normalized spacial score (nSPS) is 12.2. The molecule has 0 spiro atoms. The maximum atomic E-state index is 13.5. The molecule has 0 aliphatic heterocycles. The standard InChI is InChI=1S/C25H35N3O5S/c1-17(2)26-25(30)20(5)27(15-21-9-8-10-23(14-21)33-6)24(29)16-28(34(7,31)32)22-12-18(3)11-19(4)13-22/h8-14,17,20H,15-16H2,1-7H3,(H,26,30)/t20-/m1/s1. The van der Waals surface area contributed by atoms with Gasteiger partial charge in [-0.2, -0.15) is 0 Å². The number of nitrogens with one attached hydrogen (secondary N) is 1. The molecule has 2 rings (SSSR count). The fourth-order valence-corrected chi connectivity index (χ4v) is 4.50. The lowest BCUT2D eigenvalue weighted by Crippen LogP contribution is -2.52. The van der Waals surface area contributed by atoms with Crippen LogP contribution in [0.1, 0.15) is 37.5 Å². The number of amides is 2. The van der Waals surface area contributed by atoms with E-state index in [1.165, 1.54) is 4.90 Å². The summed E-state index contributed by atoms with van der Waals surface area (Å²) in [6, 6.07) is 11.7. The summed E-state index contributed by atoms with van der Waals surface area (Å²) in [5.74, 6) is -0.181. The zero-order valence-electron chi connectivity index (χ0n) is 21.0. The highest BCUT2D eigenvalue weighted by molar-refractivity contribution is 7.92. The Balaban J connectivity index is 2.43. The second-order valence-electron chi connectivity index (χ2n) is 8.83. The van der Waals surface area contributed by atoms with E-state index < -0.39 is 28.5 Å². The molecular formula is C25H35N3O5S. The van der Waals surface area contributed by atoms with E-state index in [2.05, 4.69) is 5.32 Å². The molecule has 0 bridgehead atoms. The van der Waals surface area contributed by atoms with Gasteiger partial charge >= 0.3 is 0 Å². The molecule has 0 fully saturated rings. The van der Waals surface area contributed by atoms with Crippen molar-refractivity contribution < 1.29 is 22.7 Å². The lowest BCUT2D eigenvalue weighted by molar-refractivity contribution is -0.139. The third kappa shape index (κ3) is 7.48. The Morgan fingerprint density at radius 2 is 1.65 bits per heavy atom. The van der Waals surface area contributed by atoms with Gasteiger partial charge in [-0.1, -0.05) is 18.2 Å². The maximum Gasteiger partial charge on any atom is 0.244 e. The molecule has 0 saturated heterocycles. The molecule has 8 nitrogen and oxygen atoms in total. The number of aryl methyl sites for hydroxylation is 2. The highest BCUT2D eigenvalue weighted by Gasteiger charge is 2.30. The van der Waals surface area contributed by atoms with Crippen LogP contribution in [-0.4, -0.2) is 57.1 Å². The Morgan fingerprint density at radius 1 is 1.03 bits per heavy atom. The fraction of sp³-hybridized carbons (Fsp3) is 0.440. The van der Waals surface area contributed by atoms with Crippen LogP contribution in [0.2, 0.25) is 0 Å². The van der Waals surface area contributed by atoms with Crippen molar-refractivity contribution in [2.75, 3.05) is 24.2 Å². The summed E-state index contributed by atoms with van der Waals surface area (Å²) >= 11 is 0. The molecule has 0 saturated carbocycles. The van der Waals surface area contributed by atoms with Crippen LogP contribution in [0.15, 0.2) is 42.5 Å². The van der Waals surface area contributed by atoms with Crippen LogP contribution in [0.3, 0.4) is 0 Å². The Morgan fingerprint density at radius 3 is 2.18 bits per heavy atom. The molecule has 186 valence electrons. The highest BCUT2D eigenvalue weighted by Crippen LogP contribution is 2.23. The van der Waals surface area contributed by atoms with Crippen molar-refractivity contribution in [2.24, 2.45) is 0 Å². The van der Waals surface area contributed by atoms with E-state index in [0.29, 0.717) is 11.4 Å². The fourth-order valence-electron chi connectivity index (χ4n) is 3.66. The predicted molar refractivity (Wildman–Crippen MR) is 134 cm³/mol. The summed E-state index contributed by atoms with van der Waals surface area (Å²) in [6.45, 7) is 8.74. The minimum Gasteiger partial charge on any atom is -0.497 e. The molecule has 1 N–H and O–H groups in total. The third-order valence-corrected chi connectivity index (χ3v) is 6.40. The predicted octanol–water partition coefficient (Wildman–Crippen LogP) is 3.02. The lowest BCUT2D eigenvalue weighted by Gasteiger charge is -2.32. The number of carbonyl (C=O) groups excluding carboxylic acids is 2. The number of rotatable bonds is 10. The van der Waals surface area contributed by atoms with Crippen molar-refractivity contribution >= 4 is 27.5 Å². The van der Waals surface area contributed by atoms with Crippen molar-refractivity contribution in [2.45, 2.75) is 53.2 Å². The number of ether oxygens (including phenoxy) is 1. The quantitative estimate of drug-likeness (QED) is 0.554. The van der Waals surface area contributed by atoms with Crippen LogP contribution in [-0.2, 0) is 26.2 Å². The van der Waals surface area contributed by atoms with Gasteiger partial charge in [0, 0.05) is 12.6 Å². The van der Waals surface area contributed by atoms with E-state index >= 15 is 0 Å². The average molecular weight is 490 g/mol. The van der Waals surface area contributed by atoms with Crippen molar-refractivity contribution in [1.82, 2.24) is 10.2 Å². The van der Waals surface area contributed by atoms with Crippen LogP contribution in [0, 0.1) is 13.8 Å². The maximum absolute atomic E-state index is 13.5. The highest BCUT2D eigenvalue weighted by atomic mass is 32.2. The number of benzene rings is 2. The van der Waals surface area contributed by atoms with Crippen LogP contribution >= 0.6 is 0 Å². The molecule has 0 unspecified atom stereocenters. The van der Waals surface area contributed by atoms with E-state index in [4.69, 9.17) is 4.74 Å². The smallest absolute Gasteiger partial charge is 0.244 e. The van der Waals surface area contributed by atoms with Gasteiger partial charge in [-0.25, -0.2) is 8.42 Å². The Hall–Kier alpha value is -3.07. The van der Waals surface area contributed by atoms with Gasteiger partial charge < -0.3 is 15.0 Å². The average Bonchev–Trinajstić information content (AvgIpc) is 2.73. The van der Waals surface area contributed by atoms with Gasteiger partial charge in [0.2, 0.25) is 21.8 Å². The van der Waals surface area contributed by atoms with Crippen molar-refractivity contribution in [3.63, 3.8) is 0 Å². The van der Waals surface area contributed by atoms with Crippen molar-refractivity contribution in [3.05, 3.63) is 59.2 Å². The molecule has 2 amide bonds. The van der Waals surface area contributed by atoms with Gasteiger partial charge in [0.15, 0.2) is 0 Å². The van der Waals surface area contributed by atoms with Crippen LogP contribution in [0.5, 0.6) is 5.75 Å². The number of nitrogens with zero attached hydrogens (tertiary/aromatic N) is 2. The summed E-state index contributed by atoms with van der Waals surface area (Å²) in [7, 11) is -2.21. The molecule has 0 aliphatic rings. The van der Waals surface area contributed by atoms with Gasteiger partial charge in [0.1, 0.15) is 18.3 Å². The Labute approximate surface area is 202 Å².